The van der Waals surface area contributed by atoms with E-state index in [1.807, 2.05) is 38.1 Å². The van der Waals surface area contributed by atoms with Gasteiger partial charge < -0.3 is 14.8 Å². The number of amides is 2. The molecule has 1 fully saturated rings. The number of nitrogens with zero attached hydrogens (tertiary/aromatic N) is 1. The maximum Gasteiger partial charge on any atom is 0.270 e. The Kier molecular flexibility index (Phi) is 8.30. The maximum atomic E-state index is 13.1. The molecule has 4 rings (SSSR count). The van der Waals surface area contributed by atoms with Crippen LogP contribution in [0.2, 0.25) is 5.02 Å². The highest BCUT2D eigenvalue weighted by molar-refractivity contribution is 8.27. The minimum atomic E-state index is -0.316. The van der Waals surface area contributed by atoms with E-state index in [1.165, 1.54) is 16.7 Å². The van der Waals surface area contributed by atoms with Gasteiger partial charge in [-0.3, -0.25) is 14.5 Å². The van der Waals surface area contributed by atoms with Crippen molar-refractivity contribution in [2.24, 2.45) is 0 Å². The highest BCUT2D eigenvalue weighted by Crippen LogP contribution is 2.37. The third-order valence-electron chi connectivity index (χ3n) is 5.14. The number of thioether (sulfide) groups is 1. The van der Waals surface area contributed by atoms with Crippen molar-refractivity contribution >= 4 is 69.2 Å². The zero-order valence-corrected chi connectivity index (χ0v) is 22.0. The van der Waals surface area contributed by atoms with Gasteiger partial charge in [0.2, 0.25) is 0 Å². The Morgan fingerprint density at radius 1 is 1.06 bits per heavy atom. The molecule has 1 N–H and O–H groups in total. The van der Waals surface area contributed by atoms with Crippen molar-refractivity contribution in [2.75, 3.05) is 23.4 Å². The van der Waals surface area contributed by atoms with Crippen LogP contribution < -0.4 is 19.7 Å². The fourth-order valence-electron chi connectivity index (χ4n) is 3.41. The first-order valence-corrected chi connectivity index (χ1v) is 12.7. The molecule has 0 unspecified atom stereocenters. The van der Waals surface area contributed by atoms with E-state index in [4.69, 9.17) is 33.3 Å². The standard InChI is InChI=1S/C27H23ClN2O4S2/c1-3-33-23-14-18(6-13-22(23)34-16-25(31)29-20-9-7-19(28)8-10-20)15-24-26(32)30(27(35)36-24)21-11-4-17(2)5-12-21/h4-15H,3,16H2,1-2H3,(H,29,31)/b24-15-. The van der Waals surface area contributed by atoms with E-state index in [9.17, 15) is 9.59 Å². The minimum absolute atomic E-state index is 0.175. The first-order chi connectivity index (χ1) is 17.3. The molecule has 3 aromatic carbocycles. The number of rotatable bonds is 8. The predicted molar refractivity (Wildman–Crippen MR) is 150 cm³/mol. The van der Waals surface area contributed by atoms with Gasteiger partial charge in [-0.05, 0) is 74.0 Å². The predicted octanol–water partition coefficient (Wildman–Crippen LogP) is 6.47. The SMILES string of the molecule is CCOc1cc(/C=C2\SC(=S)N(c3ccc(C)cc3)C2=O)ccc1OCC(=O)Nc1ccc(Cl)cc1. The minimum Gasteiger partial charge on any atom is -0.490 e. The molecule has 1 saturated heterocycles. The Bertz CT molecular complexity index is 1320. The highest BCUT2D eigenvalue weighted by Gasteiger charge is 2.33. The van der Waals surface area contributed by atoms with E-state index in [-0.39, 0.29) is 18.4 Å². The number of halogens is 1. The first-order valence-electron chi connectivity index (χ1n) is 11.1. The molecule has 3 aromatic rings. The second kappa shape index (κ2) is 11.6. The Hall–Kier alpha value is -3.33. The van der Waals surface area contributed by atoms with Crippen molar-refractivity contribution in [3.63, 3.8) is 0 Å². The van der Waals surface area contributed by atoms with Crippen LogP contribution in [0.15, 0.2) is 71.6 Å². The maximum absolute atomic E-state index is 13.1. The molecule has 0 atom stereocenters. The fourth-order valence-corrected chi connectivity index (χ4v) is 4.84. The average molecular weight is 539 g/mol. The Labute approximate surface area is 224 Å². The zero-order chi connectivity index (χ0) is 25.7. The summed E-state index contributed by atoms with van der Waals surface area (Å²) in [5.74, 6) is 0.404. The second-order valence-electron chi connectivity index (χ2n) is 7.84. The van der Waals surface area contributed by atoms with Crippen LogP contribution in [0.4, 0.5) is 11.4 Å². The lowest BCUT2D eigenvalue weighted by Gasteiger charge is -2.14. The van der Waals surface area contributed by atoms with Gasteiger partial charge in [-0.1, -0.05) is 59.3 Å². The van der Waals surface area contributed by atoms with Crippen LogP contribution in [0.5, 0.6) is 11.5 Å². The molecular weight excluding hydrogens is 516 g/mol. The number of benzene rings is 3. The molecule has 2 amide bonds. The topological polar surface area (TPSA) is 67.9 Å². The zero-order valence-electron chi connectivity index (χ0n) is 19.6. The van der Waals surface area contributed by atoms with Crippen molar-refractivity contribution in [1.82, 2.24) is 0 Å². The molecule has 0 spiro atoms. The fraction of sp³-hybridized carbons (Fsp3) is 0.148. The van der Waals surface area contributed by atoms with E-state index in [0.717, 1.165) is 16.8 Å². The summed E-state index contributed by atoms with van der Waals surface area (Å²) in [7, 11) is 0. The van der Waals surface area contributed by atoms with Gasteiger partial charge in [0.25, 0.3) is 11.8 Å². The van der Waals surface area contributed by atoms with Crippen molar-refractivity contribution in [3.05, 3.63) is 87.8 Å². The molecule has 1 aliphatic heterocycles. The van der Waals surface area contributed by atoms with Crippen LogP contribution in [-0.4, -0.2) is 29.3 Å². The largest absolute Gasteiger partial charge is 0.490 e. The Morgan fingerprint density at radius 2 is 1.78 bits per heavy atom. The molecule has 0 radical (unpaired) electrons. The molecule has 184 valence electrons. The van der Waals surface area contributed by atoms with Crippen LogP contribution in [0, 0.1) is 6.92 Å². The third-order valence-corrected chi connectivity index (χ3v) is 6.69. The summed E-state index contributed by atoms with van der Waals surface area (Å²) < 4.78 is 11.9. The number of anilines is 2. The number of thiocarbonyl (C=S) groups is 1. The van der Waals surface area contributed by atoms with Crippen molar-refractivity contribution in [1.29, 1.82) is 0 Å². The Morgan fingerprint density at radius 3 is 2.47 bits per heavy atom. The van der Waals surface area contributed by atoms with Crippen LogP contribution in [0.25, 0.3) is 6.08 Å². The number of carbonyl (C=O) groups is 2. The normalized spacial score (nSPS) is 14.3. The molecule has 0 aromatic heterocycles. The van der Waals surface area contributed by atoms with Gasteiger partial charge in [0.05, 0.1) is 17.2 Å². The van der Waals surface area contributed by atoms with Crippen LogP contribution >= 0.6 is 35.6 Å². The van der Waals surface area contributed by atoms with Gasteiger partial charge in [0.1, 0.15) is 0 Å². The summed E-state index contributed by atoms with van der Waals surface area (Å²) in [6.45, 7) is 4.06. The summed E-state index contributed by atoms with van der Waals surface area (Å²) in [4.78, 5) is 27.4. The van der Waals surface area contributed by atoms with Crippen molar-refractivity contribution in [2.45, 2.75) is 13.8 Å². The number of carbonyl (C=O) groups excluding carboxylic acids is 2. The smallest absolute Gasteiger partial charge is 0.270 e. The van der Waals surface area contributed by atoms with Crippen molar-refractivity contribution in [3.8, 4) is 11.5 Å². The monoisotopic (exact) mass is 538 g/mol. The van der Waals surface area contributed by atoms with Gasteiger partial charge in [-0.15, -0.1) is 0 Å². The second-order valence-corrected chi connectivity index (χ2v) is 9.95. The van der Waals surface area contributed by atoms with Crippen LogP contribution in [0.1, 0.15) is 18.1 Å². The summed E-state index contributed by atoms with van der Waals surface area (Å²) >= 11 is 12.6. The number of hydrogen-bond donors (Lipinski definition) is 1. The molecule has 36 heavy (non-hydrogen) atoms. The number of nitrogens with one attached hydrogen (secondary N) is 1. The van der Waals surface area contributed by atoms with Gasteiger partial charge in [0, 0.05) is 10.7 Å². The van der Waals surface area contributed by atoms with Gasteiger partial charge >= 0.3 is 0 Å². The van der Waals surface area contributed by atoms with Gasteiger partial charge in [-0.25, -0.2) is 0 Å². The number of aryl methyl sites for hydroxylation is 1. The van der Waals surface area contributed by atoms with E-state index in [1.54, 1.807) is 48.5 Å². The summed E-state index contributed by atoms with van der Waals surface area (Å²) in [6.07, 6.45) is 1.77. The number of ether oxygens (including phenoxy) is 2. The molecule has 0 saturated carbocycles. The molecule has 1 heterocycles. The van der Waals surface area contributed by atoms with Crippen molar-refractivity contribution < 1.29 is 19.1 Å². The molecule has 9 heteroatoms. The lowest BCUT2D eigenvalue weighted by Crippen LogP contribution is -2.27. The molecule has 1 aliphatic rings. The Balaban J connectivity index is 1.47. The lowest BCUT2D eigenvalue weighted by molar-refractivity contribution is -0.118. The van der Waals surface area contributed by atoms with E-state index in [0.29, 0.717) is 38.0 Å². The molecule has 6 nitrogen and oxygen atoms in total. The average Bonchev–Trinajstić information content (AvgIpc) is 3.13. The molecule has 0 aliphatic carbocycles. The summed E-state index contributed by atoms with van der Waals surface area (Å²) in [6, 6.07) is 19.7. The first kappa shape index (κ1) is 25.8. The van der Waals surface area contributed by atoms with Crippen LogP contribution in [-0.2, 0) is 9.59 Å². The summed E-state index contributed by atoms with van der Waals surface area (Å²) in [5.41, 5.74) is 3.22. The number of hydrogen-bond acceptors (Lipinski definition) is 6. The quantitative estimate of drug-likeness (QED) is 0.262. The lowest BCUT2D eigenvalue weighted by atomic mass is 10.1. The van der Waals surface area contributed by atoms with E-state index < -0.39 is 0 Å². The van der Waals surface area contributed by atoms with Gasteiger partial charge in [0.15, 0.2) is 22.4 Å². The highest BCUT2D eigenvalue weighted by atomic mass is 35.5. The molecule has 0 bridgehead atoms. The van der Waals surface area contributed by atoms with E-state index >= 15 is 0 Å². The molecular formula is C27H23ClN2O4S2. The van der Waals surface area contributed by atoms with E-state index in [2.05, 4.69) is 5.32 Å². The third kappa shape index (κ3) is 6.26. The van der Waals surface area contributed by atoms with Gasteiger partial charge in [-0.2, -0.15) is 0 Å². The summed E-state index contributed by atoms with van der Waals surface area (Å²) in [5, 5.41) is 3.34. The van der Waals surface area contributed by atoms with Crippen LogP contribution in [0.3, 0.4) is 0 Å².